The Morgan fingerprint density at radius 2 is 1.54 bits per heavy atom. The molecule has 1 aliphatic heterocycles. The van der Waals surface area contributed by atoms with Crippen molar-refractivity contribution in [3.8, 4) is 0 Å². The molecule has 3 aromatic carbocycles. The van der Waals surface area contributed by atoms with Gasteiger partial charge < -0.3 is 4.90 Å². The highest BCUT2D eigenvalue weighted by atomic mass is 35.5. The topological polar surface area (TPSA) is 40.6 Å². The number of sulfonamides is 1. The van der Waals surface area contributed by atoms with Crippen LogP contribution in [0.3, 0.4) is 0 Å². The highest BCUT2D eigenvalue weighted by molar-refractivity contribution is 7.89. The summed E-state index contributed by atoms with van der Waals surface area (Å²) in [5.74, 6) is 0.616. The Morgan fingerprint density at radius 3 is 2.14 bits per heavy atom. The fourth-order valence-corrected chi connectivity index (χ4v) is 6.89. The van der Waals surface area contributed by atoms with E-state index < -0.39 is 10.0 Å². The second kappa shape index (κ2) is 14.0. The molecule has 0 radical (unpaired) electrons. The minimum Gasteiger partial charge on any atom is -0.303 e. The van der Waals surface area contributed by atoms with Crippen LogP contribution in [0.15, 0.2) is 83.8 Å². The Labute approximate surface area is 238 Å². The number of likely N-dealkylation sites (N-methyl/N-ethyl adjacent to an activating group) is 1. The van der Waals surface area contributed by atoms with Crippen LogP contribution in [0.4, 0.5) is 0 Å². The summed E-state index contributed by atoms with van der Waals surface area (Å²) in [6, 6.07) is 25.1. The highest BCUT2D eigenvalue weighted by Crippen LogP contribution is 2.32. The molecule has 1 saturated heterocycles. The van der Waals surface area contributed by atoms with E-state index in [1.807, 2.05) is 25.1 Å². The van der Waals surface area contributed by atoms with Crippen LogP contribution in [-0.4, -0.2) is 50.3 Å². The molecule has 3 aromatic rings. The van der Waals surface area contributed by atoms with E-state index in [1.165, 1.54) is 5.56 Å². The van der Waals surface area contributed by atoms with Crippen LogP contribution >= 0.6 is 35.6 Å². The quantitative estimate of drug-likeness (QED) is 0.249. The monoisotopic (exact) mass is 580 g/mol. The van der Waals surface area contributed by atoms with Crippen LogP contribution in [0.5, 0.6) is 0 Å². The third kappa shape index (κ3) is 7.72. The fraction of sp³-hybridized carbons (Fsp3) is 0.379. The van der Waals surface area contributed by atoms with Crippen molar-refractivity contribution < 1.29 is 8.42 Å². The molecule has 0 aliphatic carbocycles. The molecule has 4 nitrogen and oxygen atoms in total. The standard InChI is InChI=1S/C29H34Cl2N2O2S.ClH/c1-2-33(36(34,35)27-11-7-4-8-12-27)22-26(25-13-14-28(30)29(31)21-25)17-20-32-18-15-24(16-19-32)23-9-5-3-6-10-23;/h3-14,21,24,26H,2,15-20,22H2,1H3;1H/t26-;/m1./s1. The zero-order valence-corrected chi connectivity index (χ0v) is 24.2. The van der Waals surface area contributed by atoms with Gasteiger partial charge in [-0.3, -0.25) is 0 Å². The lowest BCUT2D eigenvalue weighted by Crippen LogP contribution is -2.37. The summed E-state index contributed by atoms with van der Waals surface area (Å²) in [5.41, 5.74) is 2.45. The van der Waals surface area contributed by atoms with Gasteiger partial charge in [0.05, 0.1) is 14.9 Å². The maximum absolute atomic E-state index is 13.4. The smallest absolute Gasteiger partial charge is 0.243 e. The minimum absolute atomic E-state index is 0. The molecular weight excluding hydrogens is 547 g/mol. The molecule has 0 bridgehead atoms. The number of hydrogen-bond acceptors (Lipinski definition) is 3. The Kier molecular flexibility index (Phi) is 11.3. The maximum Gasteiger partial charge on any atom is 0.243 e. The number of halogens is 3. The summed E-state index contributed by atoms with van der Waals surface area (Å²) >= 11 is 12.6. The van der Waals surface area contributed by atoms with Gasteiger partial charge in [0.25, 0.3) is 0 Å². The number of rotatable bonds is 10. The van der Waals surface area contributed by atoms with Gasteiger partial charge in [-0.2, -0.15) is 4.31 Å². The van der Waals surface area contributed by atoms with Gasteiger partial charge in [-0.25, -0.2) is 8.42 Å². The second-order valence-corrected chi connectivity index (χ2v) is 12.2. The summed E-state index contributed by atoms with van der Waals surface area (Å²) in [6.45, 7) is 5.70. The Balaban J connectivity index is 0.00000380. The normalized spacial score (nSPS) is 15.9. The van der Waals surface area contributed by atoms with Gasteiger partial charge in [-0.15, -0.1) is 12.4 Å². The third-order valence-electron chi connectivity index (χ3n) is 7.23. The first kappa shape index (κ1) is 29.9. The SMILES string of the molecule is CCN(C[C@@H](CCN1CCC(c2ccccc2)CC1)c1ccc(Cl)c(Cl)c1)S(=O)(=O)c1ccccc1.Cl. The first-order chi connectivity index (χ1) is 17.4. The van der Waals surface area contributed by atoms with Gasteiger partial charge in [0.2, 0.25) is 10.0 Å². The molecule has 1 fully saturated rings. The molecule has 1 aliphatic rings. The summed E-state index contributed by atoms with van der Waals surface area (Å²) in [6.07, 6.45) is 3.13. The summed E-state index contributed by atoms with van der Waals surface area (Å²) in [4.78, 5) is 2.83. The molecule has 8 heteroatoms. The predicted octanol–water partition coefficient (Wildman–Crippen LogP) is 7.48. The fourth-order valence-electron chi connectivity index (χ4n) is 5.07. The summed E-state index contributed by atoms with van der Waals surface area (Å²) in [7, 11) is -3.59. The highest BCUT2D eigenvalue weighted by Gasteiger charge is 2.28. The molecule has 0 spiro atoms. The van der Waals surface area contributed by atoms with Crippen molar-refractivity contribution >= 4 is 45.6 Å². The van der Waals surface area contributed by atoms with E-state index in [2.05, 4.69) is 35.2 Å². The Morgan fingerprint density at radius 1 is 0.919 bits per heavy atom. The van der Waals surface area contributed by atoms with Crippen LogP contribution in [0, 0.1) is 0 Å². The molecule has 200 valence electrons. The van der Waals surface area contributed by atoms with E-state index in [1.54, 1.807) is 34.6 Å². The van der Waals surface area contributed by atoms with Crippen molar-refractivity contribution in [3.63, 3.8) is 0 Å². The van der Waals surface area contributed by atoms with Gasteiger partial charge in [-0.1, -0.05) is 84.7 Å². The van der Waals surface area contributed by atoms with Crippen molar-refractivity contribution in [2.75, 3.05) is 32.7 Å². The largest absolute Gasteiger partial charge is 0.303 e. The van der Waals surface area contributed by atoms with Crippen molar-refractivity contribution in [2.45, 2.75) is 42.9 Å². The molecule has 4 rings (SSSR count). The molecule has 0 saturated carbocycles. The third-order valence-corrected chi connectivity index (χ3v) is 9.92. The summed E-state index contributed by atoms with van der Waals surface area (Å²) in [5, 5.41) is 1.00. The van der Waals surface area contributed by atoms with Gasteiger partial charge >= 0.3 is 0 Å². The van der Waals surface area contributed by atoms with Crippen LogP contribution in [0.25, 0.3) is 0 Å². The molecule has 37 heavy (non-hydrogen) atoms. The lowest BCUT2D eigenvalue weighted by molar-refractivity contribution is 0.202. The van der Waals surface area contributed by atoms with E-state index in [0.29, 0.717) is 33.9 Å². The van der Waals surface area contributed by atoms with E-state index in [0.717, 1.165) is 44.5 Å². The number of benzene rings is 3. The van der Waals surface area contributed by atoms with Crippen LogP contribution < -0.4 is 0 Å². The zero-order chi connectivity index (χ0) is 25.5. The summed E-state index contributed by atoms with van der Waals surface area (Å²) < 4.78 is 28.4. The average molecular weight is 582 g/mol. The van der Waals surface area contributed by atoms with E-state index in [-0.39, 0.29) is 18.3 Å². The van der Waals surface area contributed by atoms with Gasteiger partial charge in [0.1, 0.15) is 0 Å². The molecule has 1 heterocycles. The first-order valence-corrected chi connectivity index (χ1v) is 14.9. The van der Waals surface area contributed by atoms with Gasteiger partial charge in [0.15, 0.2) is 0 Å². The lowest BCUT2D eigenvalue weighted by atomic mass is 9.89. The zero-order valence-electron chi connectivity index (χ0n) is 21.1. The van der Waals surface area contributed by atoms with E-state index >= 15 is 0 Å². The first-order valence-electron chi connectivity index (χ1n) is 12.7. The predicted molar refractivity (Wildman–Crippen MR) is 157 cm³/mol. The molecule has 1 atom stereocenters. The van der Waals surface area contributed by atoms with Crippen molar-refractivity contribution in [1.29, 1.82) is 0 Å². The molecule has 0 N–H and O–H groups in total. The second-order valence-electron chi connectivity index (χ2n) is 9.45. The van der Waals surface area contributed by atoms with E-state index in [4.69, 9.17) is 23.2 Å². The Bertz CT molecular complexity index is 1220. The van der Waals surface area contributed by atoms with E-state index in [9.17, 15) is 8.42 Å². The van der Waals surface area contributed by atoms with Gasteiger partial charge in [-0.05, 0) is 86.1 Å². The van der Waals surface area contributed by atoms with Crippen LogP contribution in [0.2, 0.25) is 10.0 Å². The van der Waals surface area contributed by atoms with Crippen LogP contribution in [0.1, 0.15) is 49.1 Å². The molecule has 0 unspecified atom stereocenters. The number of piperidine rings is 1. The number of nitrogens with zero attached hydrogens (tertiary/aromatic N) is 2. The van der Waals surface area contributed by atoms with Crippen molar-refractivity contribution in [1.82, 2.24) is 9.21 Å². The van der Waals surface area contributed by atoms with Crippen molar-refractivity contribution in [3.05, 3.63) is 100 Å². The van der Waals surface area contributed by atoms with Gasteiger partial charge in [0, 0.05) is 13.1 Å². The van der Waals surface area contributed by atoms with Crippen LogP contribution in [-0.2, 0) is 10.0 Å². The molecule has 0 aromatic heterocycles. The minimum atomic E-state index is -3.59. The number of likely N-dealkylation sites (tertiary alicyclic amines) is 1. The van der Waals surface area contributed by atoms with Crippen molar-refractivity contribution in [2.24, 2.45) is 0 Å². The maximum atomic E-state index is 13.4. The number of hydrogen-bond donors (Lipinski definition) is 0. The Hall–Kier alpha value is -1.60. The lowest BCUT2D eigenvalue weighted by Gasteiger charge is -2.34. The average Bonchev–Trinajstić information content (AvgIpc) is 2.91. The molecule has 0 amide bonds. The molecular formula is C29H35Cl3N2O2S.